The Morgan fingerprint density at radius 3 is 2.03 bits per heavy atom. The maximum atomic E-state index is 13.6. The van der Waals surface area contributed by atoms with Gasteiger partial charge in [0.1, 0.15) is 5.54 Å². The number of benzene rings is 4. The van der Waals surface area contributed by atoms with E-state index in [4.69, 9.17) is 0 Å². The largest absolute Gasteiger partial charge is 0.394 e. The van der Waals surface area contributed by atoms with E-state index in [9.17, 15) is 24.9 Å². The third-order valence-corrected chi connectivity index (χ3v) is 6.22. The first-order chi connectivity index (χ1) is 16.0. The van der Waals surface area contributed by atoms with Crippen LogP contribution in [0.2, 0.25) is 0 Å². The zero-order valence-electron chi connectivity index (χ0n) is 17.7. The number of rotatable bonds is 6. The highest BCUT2D eigenvalue weighted by molar-refractivity contribution is 6.37. The van der Waals surface area contributed by atoms with Crippen LogP contribution < -0.4 is 10.2 Å². The molecule has 1 aliphatic heterocycles. The smallest absolute Gasteiger partial charge is 0.266 e. The highest BCUT2D eigenvalue weighted by atomic mass is 16.3. The van der Waals surface area contributed by atoms with Gasteiger partial charge in [0.25, 0.3) is 11.8 Å². The Bertz CT molecular complexity index is 1370. The van der Waals surface area contributed by atoms with Crippen molar-refractivity contribution in [2.75, 3.05) is 30.0 Å². The van der Waals surface area contributed by atoms with Crippen molar-refractivity contribution in [3.63, 3.8) is 0 Å². The summed E-state index contributed by atoms with van der Waals surface area (Å²) in [5.41, 5.74) is 0.416. The predicted molar refractivity (Wildman–Crippen MR) is 127 cm³/mol. The molecule has 5 rings (SSSR count). The van der Waals surface area contributed by atoms with E-state index in [1.165, 1.54) is 4.90 Å². The fraction of sp³-hybridized carbons (Fsp3) is 0.154. The molecule has 1 heterocycles. The number of amides is 2. The van der Waals surface area contributed by atoms with Gasteiger partial charge in [-0.3, -0.25) is 9.59 Å². The first kappa shape index (κ1) is 21.1. The molecule has 0 aliphatic carbocycles. The molecule has 0 radical (unpaired) electrons. The minimum Gasteiger partial charge on any atom is -0.394 e. The summed E-state index contributed by atoms with van der Waals surface area (Å²) in [5.74, 6) is -0.853. The van der Waals surface area contributed by atoms with Crippen molar-refractivity contribution in [2.24, 2.45) is 0 Å². The lowest BCUT2D eigenvalue weighted by atomic mass is 9.91. The van der Waals surface area contributed by atoms with Crippen LogP contribution in [0.15, 0.2) is 72.8 Å². The van der Waals surface area contributed by atoms with Gasteiger partial charge in [0.05, 0.1) is 25.5 Å². The van der Waals surface area contributed by atoms with Gasteiger partial charge < -0.3 is 20.6 Å². The number of aliphatic hydroxyl groups excluding tert-OH is 3. The molecule has 0 unspecified atom stereocenters. The van der Waals surface area contributed by atoms with Crippen molar-refractivity contribution in [3.05, 3.63) is 83.9 Å². The second-order valence-corrected chi connectivity index (χ2v) is 8.21. The van der Waals surface area contributed by atoms with Crippen LogP contribution >= 0.6 is 0 Å². The molecule has 0 aromatic heterocycles. The van der Waals surface area contributed by atoms with Crippen molar-refractivity contribution in [3.8, 4) is 0 Å². The summed E-state index contributed by atoms with van der Waals surface area (Å²) in [7, 11) is 0. The Labute approximate surface area is 189 Å². The maximum Gasteiger partial charge on any atom is 0.266 e. The van der Waals surface area contributed by atoms with Crippen LogP contribution in [-0.2, 0) is 0 Å². The zero-order chi connectivity index (χ0) is 23.2. The van der Waals surface area contributed by atoms with Crippen LogP contribution in [0.5, 0.6) is 0 Å². The number of nitrogens with one attached hydrogen (secondary N) is 1. The monoisotopic (exact) mass is 442 g/mol. The van der Waals surface area contributed by atoms with E-state index < -0.39 is 37.2 Å². The van der Waals surface area contributed by atoms with E-state index in [2.05, 4.69) is 5.32 Å². The Hall–Kier alpha value is -3.78. The number of hydrogen-bond acceptors (Lipinski definition) is 6. The van der Waals surface area contributed by atoms with Crippen LogP contribution in [0.1, 0.15) is 20.7 Å². The molecule has 1 aliphatic rings. The van der Waals surface area contributed by atoms with Gasteiger partial charge in [0.2, 0.25) is 0 Å². The molecule has 2 amide bonds. The average Bonchev–Trinajstić information content (AvgIpc) is 2.86. The summed E-state index contributed by atoms with van der Waals surface area (Å²) in [6.07, 6.45) is 0. The van der Waals surface area contributed by atoms with Gasteiger partial charge in [-0.1, -0.05) is 48.5 Å². The molecule has 0 saturated heterocycles. The van der Waals surface area contributed by atoms with Crippen molar-refractivity contribution in [1.29, 1.82) is 0 Å². The summed E-state index contributed by atoms with van der Waals surface area (Å²) in [6.45, 7) is -1.51. The Morgan fingerprint density at radius 2 is 1.30 bits per heavy atom. The minimum atomic E-state index is -1.35. The summed E-state index contributed by atoms with van der Waals surface area (Å²) >= 11 is 0. The molecule has 4 aromatic carbocycles. The third kappa shape index (κ3) is 3.17. The number of nitrogens with zero attached hydrogens (tertiary/aromatic N) is 1. The molecule has 33 heavy (non-hydrogen) atoms. The fourth-order valence-electron chi connectivity index (χ4n) is 4.38. The Morgan fingerprint density at radius 1 is 0.697 bits per heavy atom. The van der Waals surface area contributed by atoms with Crippen molar-refractivity contribution in [1.82, 2.24) is 0 Å². The van der Waals surface area contributed by atoms with E-state index in [0.29, 0.717) is 33.3 Å². The number of hydrogen-bond donors (Lipinski definition) is 4. The van der Waals surface area contributed by atoms with Gasteiger partial charge in [-0.05, 0) is 29.7 Å². The SMILES string of the molecule is O=C1c2cccc3c(NC(CO)(CO)CO)ccc(c23)C(=O)N1c1cccc2ccccc12. The molecule has 0 fully saturated rings. The number of imide groups is 1. The normalized spacial score (nSPS) is 13.7. The first-order valence-corrected chi connectivity index (χ1v) is 10.6. The lowest BCUT2D eigenvalue weighted by Crippen LogP contribution is -2.49. The van der Waals surface area contributed by atoms with E-state index >= 15 is 0 Å². The minimum absolute atomic E-state index is 0.376. The second kappa shape index (κ2) is 7.97. The number of anilines is 2. The van der Waals surface area contributed by atoms with E-state index in [-0.39, 0.29) is 0 Å². The van der Waals surface area contributed by atoms with Crippen molar-refractivity contribution in [2.45, 2.75) is 5.54 Å². The third-order valence-electron chi connectivity index (χ3n) is 6.22. The summed E-state index contributed by atoms with van der Waals surface area (Å²) in [4.78, 5) is 28.4. The molecule has 4 N–H and O–H groups in total. The number of carbonyl (C=O) groups excluding carboxylic acids is 2. The van der Waals surface area contributed by atoms with Crippen molar-refractivity contribution >= 4 is 44.7 Å². The molecule has 0 atom stereocenters. The summed E-state index contributed by atoms with van der Waals surface area (Å²) < 4.78 is 0. The molecule has 7 heteroatoms. The lowest BCUT2D eigenvalue weighted by molar-refractivity contribution is 0.0833. The van der Waals surface area contributed by atoms with Gasteiger partial charge >= 0.3 is 0 Å². The molecular formula is C26H22N2O5. The summed E-state index contributed by atoms with van der Waals surface area (Å²) in [6, 6.07) is 21.5. The van der Waals surface area contributed by atoms with Gasteiger partial charge in [-0.15, -0.1) is 0 Å². The van der Waals surface area contributed by atoms with Gasteiger partial charge in [-0.2, -0.15) is 0 Å². The van der Waals surface area contributed by atoms with E-state index in [1.54, 1.807) is 36.4 Å². The highest BCUT2D eigenvalue weighted by Gasteiger charge is 2.36. The first-order valence-electron chi connectivity index (χ1n) is 10.6. The molecule has 4 aromatic rings. The maximum absolute atomic E-state index is 13.6. The molecule has 7 nitrogen and oxygen atoms in total. The predicted octanol–water partition coefficient (Wildman–Crippen LogP) is 2.92. The average molecular weight is 442 g/mol. The molecule has 0 spiro atoms. The second-order valence-electron chi connectivity index (χ2n) is 8.21. The molecular weight excluding hydrogens is 420 g/mol. The standard InChI is InChI=1S/C26H22N2O5/c29-13-26(14-30,15-31)27-21-12-11-20-23-18(21)8-4-9-19(23)24(32)28(25(20)33)22-10-3-6-16-5-1-2-7-17(16)22/h1-12,27,29-31H,13-15H2. The molecule has 0 bridgehead atoms. The van der Waals surface area contributed by atoms with Crippen LogP contribution in [0, 0.1) is 0 Å². The lowest BCUT2D eigenvalue weighted by Gasteiger charge is -2.32. The Kier molecular flexibility index (Phi) is 5.09. The number of carbonyl (C=O) groups is 2. The van der Waals surface area contributed by atoms with Crippen LogP contribution in [0.3, 0.4) is 0 Å². The number of fused-ring (bicyclic) bond motifs is 1. The van der Waals surface area contributed by atoms with Crippen LogP contribution in [-0.4, -0.2) is 52.5 Å². The number of aliphatic hydroxyl groups is 3. The van der Waals surface area contributed by atoms with Gasteiger partial charge in [0.15, 0.2) is 0 Å². The van der Waals surface area contributed by atoms with E-state index in [0.717, 1.165) is 10.8 Å². The van der Waals surface area contributed by atoms with E-state index in [1.807, 2.05) is 36.4 Å². The molecule has 166 valence electrons. The Balaban J connectivity index is 1.68. The van der Waals surface area contributed by atoms with Gasteiger partial charge in [-0.25, -0.2) is 4.90 Å². The fourth-order valence-corrected chi connectivity index (χ4v) is 4.38. The summed E-state index contributed by atoms with van der Waals surface area (Å²) in [5, 5.41) is 34.9. The quantitative estimate of drug-likeness (QED) is 0.342. The topological polar surface area (TPSA) is 110 Å². The molecule has 0 saturated carbocycles. The van der Waals surface area contributed by atoms with Gasteiger partial charge in [0, 0.05) is 33.0 Å². The highest BCUT2D eigenvalue weighted by Crippen LogP contribution is 2.38. The van der Waals surface area contributed by atoms with Crippen LogP contribution in [0.4, 0.5) is 11.4 Å². The van der Waals surface area contributed by atoms with Crippen LogP contribution in [0.25, 0.3) is 21.5 Å². The zero-order valence-corrected chi connectivity index (χ0v) is 17.7. The van der Waals surface area contributed by atoms with Crippen molar-refractivity contribution < 1.29 is 24.9 Å².